The van der Waals surface area contributed by atoms with E-state index in [1.807, 2.05) is 0 Å². The van der Waals surface area contributed by atoms with Crippen LogP contribution in [0.15, 0.2) is 54.6 Å². The number of phenolic OH excluding ortho intramolecular Hbond substituents is 2. The molecule has 0 saturated heterocycles. The lowest BCUT2D eigenvalue weighted by atomic mass is 9.83. The largest absolute Gasteiger partial charge is 0.508 e. The highest BCUT2D eigenvalue weighted by Crippen LogP contribution is 2.50. The number of benzene rings is 3. The summed E-state index contributed by atoms with van der Waals surface area (Å²) in [5.74, 6) is -0.776. The van der Waals surface area contributed by atoms with Gasteiger partial charge in [-0.1, -0.05) is 70.7 Å². The average Bonchev–Trinajstić information content (AvgIpc) is 2.65. The molecule has 0 amide bonds. The molecule has 0 aliphatic heterocycles. The van der Waals surface area contributed by atoms with E-state index < -0.39 is 20.6 Å². The van der Waals surface area contributed by atoms with Crippen LogP contribution in [0.5, 0.6) is 11.5 Å². The molecule has 3 rings (SSSR count). The Bertz CT molecular complexity index is 1200. The molecule has 10 heteroatoms. The molecular weight excluding hydrogens is 482 g/mol. The van der Waals surface area contributed by atoms with Crippen LogP contribution in [0.25, 0.3) is 0 Å². The van der Waals surface area contributed by atoms with Gasteiger partial charge in [0, 0.05) is 5.56 Å². The molecule has 0 aliphatic carbocycles. The average molecular weight is 494 g/mol. The standard InChI is InChI=1S/C19H12Cl4O5S/c20-14-7-3-11(9-16(14)22)19(29(26,27)28,10-1-4-12(24)5-2-10)13-6-8-15(21)17(23)18(13)25/h1-9,24-25H,(H,26,27,28). The van der Waals surface area contributed by atoms with Crippen LogP contribution in [0.4, 0.5) is 0 Å². The van der Waals surface area contributed by atoms with E-state index in [0.29, 0.717) is 0 Å². The number of aromatic hydroxyl groups is 2. The molecular formula is C19H12Cl4O5S. The molecule has 0 saturated carbocycles. The molecule has 5 nitrogen and oxygen atoms in total. The Morgan fingerprint density at radius 2 is 1.28 bits per heavy atom. The molecule has 29 heavy (non-hydrogen) atoms. The van der Waals surface area contributed by atoms with Crippen molar-refractivity contribution in [2.24, 2.45) is 0 Å². The third-order valence-corrected chi connectivity index (χ3v) is 7.43. The summed E-state index contributed by atoms with van der Waals surface area (Å²) in [6.07, 6.45) is 0. The molecule has 0 aliphatic rings. The zero-order valence-corrected chi connectivity index (χ0v) is 18.1. The van der Waals surface area contributed by atoms with Crippen molar-refractivity contribution in [1.82, 2.24) is 0 Å². The lowest BCUT2D eigenvalue weighted by molar-refractivity contribution is 0.440. The van der Waals surface area contributed by atoms with Gasteiger partial charge in [0.2, 0.25) is 0 Å². The third-order valence-electron chi connectivity index (χ3n) is 4.44. The van der Waals surface area contributed by atoms with Gasteiger partial charge in [0.1, 0.15) is 16.5 Å². The maximum atomic E-state index is 12.9. The highest BCUT2D eigenvalue weighted by Gasteiger charge is 2.50. The number of hydrogen-bond acceptors (Lipinski definition) is 4. The molecule has 3 aromatic carbocycles. The van der Waals surface area contributed by atoms with Crippen LogP contribution in [-0.4, -0.2) is 23.2 Å². The first-order valence-corrected chi connectivity index (χ1v) is 10.8. The van der Waals surface area contributed by atoms with Crippen LogP contribution in [0.1, 0.15) is 16.7 Å². The highest BCUT2D eigenvalue weighted by molar-refractivity contribution is 7.87. The molecule has 0 heterocycles. The van der Waals surface area contributed by atoms with Gasteiger partial charge in [0.05, 0.1) is 15.1 Å². The monoisotopic (exact) mass is 492 g/mol. The molecule has 0 fully saturated rings. The second-order valence-corrected chi connectivity index (χ2v) is 9.25. The van der Waals surface area contributed by atoms with Crippen LogP contribution < -0.4 is 0 Å². The first-order chi connectivity index (χ1) is 13.5. The number of phenols is 2. The van der Waals surface area contributed by atoms with Crippen LogP contribution in [0.3, 0.4) is 0 Å². The van der Waals surface area contributed by atoms with Crippen molar-refractivity contribution in [2.45, 2.75) is 4.75 Å². The SMILES string of the molecule is O=S(=O)(O)C(c1ccc(O)cc1)(c1ccc(Cl)c(Cl)c1)c1ccc(Cl)c(Cl)c1O. The Morgan fingerprint density at radius 1 is 0.724 bits per heavy atom. The Labute approximate surface area is 186 Å². The Hall–Kier alpha value is -1.67. The van der Waals surface area contributed by atoms with E-state index in [1.165, 1.54) is 54.6 Å². The minimum Gasteiger partial charge on any atom is -0.508 e. The van der Waals surface area contributed by atoms with E-state index in [4.69, 9.17) is 46.4 Å². The van der Waals surface area contributed by atoms with Crippen LogP contribution >= 0.6 is 46.4 Å². The van der Waals surface area contributed by atoms with E-state index >= 15 is 0 Å². The molecule has 0 aromatic heterocycles. The van der Waals surface area contributed by atoms with Crippen molar-refractivity contribution >= 4 is 56.5 Å². The maximum Gasteiger partial charge on any atom is 0.283 e. The minimum atomic E-state index is -5.03. The summed E-state index contributed by atoms with van der Waals surface area (Å²) < 4.78 is 33.9. The van der Waals surface area contributed by atoms with E-state index in [-0.39, 0.29) is 42.5 Å². The molecule has 152 valence electrons. The van der Waals surface area contributed by atoms with Crippen molar-refractivity contribution in [3.63, 3.8) is 0 Å². The fraction of sp³-hybridized carbons (Fsp3) is 0.0526. The zero-order valence-electron chi connectivity index (χ0n) is 14.3. The quantitative estimate of drug-likeness (QED) is 0.311. The molecule has 0 spiro atoms. The van der Waals surface area contributed by atoms with Crippen molar-refractivity contribution in [1.29, 1.82) is 0 Å². The molecule has 3 N–H and O–H groups in total. The molecule has 1 unspecified atom stereocenters. The second kappa shape index (κ2) is 7.87. The molecule has 1 atom stereocenters. The smallest absolute Gasteiger partial charge is 0.283 e. The number of hydrogen-bond donors (Lipinski definition) is 3. The second-order valence-electron chi connectivity index (χ2n) is 6.09. The molecule has 3 aromatic rings. The predicted molar refractivity (Wildman–Crippen MR) is 114 cm³/mol. The van der Waals surface area contributed by atoms with Crippen molar-refractivity contribution < 1.29 is 23.2 Å². The summed E-state index contributed by atoms with van der Waals surface area (Å²) in [7, 11) is -5.03. The number of halogens is 4. The third kappa shape index (κ3) is 3.65. The van der Waals surface area contributed by atoms with Gasteiger partial charge >= 0.3 is 0 Å². The van der Waals surface area contributed by atoms with Gasteiger partial charge in [-0.15, -0.1) is 0 Å². The summed E-state index contributed by atoms with van der Waals surface area (Å²) in [5, 5.41) is 20.2. The first kappa shape index (κ1) is 22.0. The van der Waals surface area contributed by atoms with Gasteiger partial charge in [-0.05, 0) is 41.5 Å². The lowest BCUT2D eigenvalue weighted by Gasteiger charge is -2.33. The van der Waals surface area contributed by atoms with Gasteiger partial charge in [-0.2, -0.15) is 8.42 Å². The van der Waals surface area contributed by atoms with E-state index in [2.05, 4.69) is 0 Å². The summed E-state index contributed by atoms with van der Waals surface area (Å²) in [6.45, 7) is 0. The van der Waals surface area contributed by atoms with E-state index in [0.717, 1.165) is 0 Å². The normalized spacial score (nSPS) is 13.8. The Morgan fingerprint density at radius 3 is 1.83 bits per heavy atom. The topological polar surface area (TPSA) is 94.8 Å². The van der Waals surface area contributed by atoms with Crippen molar-refractivity contribution in [2.75, 3.05) is 0 Å². The summed E-state index contributed by atoms with van der Waals surface area (Å²) >= 11 is 24.1. The van der Waals surface area contributed by atoms with Gasteiger partial charge in [-0.25, -0.2) is 0 Å². The zero-order chi connectivity index (χ0) is 21.6. The Kier molecular flexibility index (Phi) is 5.98. The van der Waals surface area contributed by atoms with E-state index in [1.54, 1.807) is 0 Å². The predicted octanol–water partition coefficient (Wildman–Crippen LogP) is 5.89. The lowest BCUT2D eigenvalue weighted by Crippen LogP contribution is -2.38. The fourth-order valence-electron chi connectivity index (χ4n) is 3.15. The summed E-state index contributed by atoms with van der Waals surface area (Å²) in [6, 6.07) is 11.5. The van der Waals surface area contributed by atoms with Crippen molar-refractivity contribution in [3.05, 3.63) is 91.4 Å². The highest BCUT2D eigenvalue weighted by atomic mass is 35.5. The summed E-state index contributed by atoms with van der Waals surface area (Å²) in [4.78, 5) is 0. The van der Waals surface area contributed by atoms with Crippen molar-refractivity contribution in [3.8, 4) is 11.5 Å². The van der Waals surface area contributed by atoms with Gasteiger partial charge in [-0.3, -0.25) is 4.55 Å². The first-order valence-electron chi connectivity index (χ1n) is 7.89. The maximum absolute atomic E-state index is 12.9. The van der Waals surface area contributed by atoms with E-state index in [9.17, 15) is 23.2 Å². The van der Waals surface area contributed by atoms with Crippen LogP contribution in [0.2, 0.25) is 20.1 Å². The van der Waals surface area contributed by atoms with Crippen LogP contribution in [-0.2, 0) is 14.9 Å². The fourth-order valence-corrected chi connectivity index (χ4v) is 5.07. The van der Waals surface area contributed by atoms with Crippen LogP contribution in [0, 0.1) is 0 Å². The Balaban J connectivity index is 2.56. The number of rotatable bonds is 4. The molecule has 0 bridgehead atoms. The molecule has 0 radical (unpaired) electrons. The minimum absolute atomic E-state index is 0.00452. The van der Waals surface area contributed by atoms with Gasteiger partial charge in [0.25, 0.3) is 10.1 Å². The van der Waals surface area contributed by atoms with Gasteiger partial charge < -0.3 is 10.2 Å². The van der Waals surface area contributed by atoms with Gasteiger partial charge in [0.15, 0.2) is 4.75 Å². The summed E-state index contributed by atoms with van der Waals surface area (Å²) in [5.41, 5.74) is -0.280.